The Hall–Kier alpha value is -4.87. The molecule has 1 amide bonds. The first-order chi connectivity index (χ1) is 19.5. The van der Waals surface area contributed by atoms with Crippen LogP contribution in [0.2, 0.25) is 0 Å². The standard InChI is InChI=1S/C28H25N5O7/c1-2-31-13-20(33(35)36)26(29-31)28(34)32-27(18-7-9-22-24(12-18)40-15-38-22)19-5-3-4-17(25(19)30-32)10-16-6-8-21-23(11-16)39-14-37-21/h6-13,19,27H,2-5,14-15H2,1H3/b17-10-/t19-,27-/m0/s1. The first-order valence-corrected chi connectivity index (χ1v) is 13.1. The predicted molar refractivity (Wildman–Crippen MR) is 141 cm³/mol. The Labute approximate surface area is 228 Å². The number of ether oxygens (including phenoxy) is 4. The lowest BCUT2D eigenvalue weighted by Crippen LogP contribution is -2.32. The molecule has 1 aliphatic carbocycles. The van der Waals surface area contributed by atoms with Crippen molar-refractivity contribution < 1.29 is 28.7 Å². The minimum absolute atomic E-state index is 0.120. The van der Waals surface area contributed by atoms with Crippen LogP contribution in [0.1, 0.15) is 53.8 Å². The normalized spacial score (nSPS) is 21.5. The van der Waals surface area contributed by atoms with E-state index in [2.05, 4.69) is 11.2 Å². The van der Waals surface area contributed by atoms with Gasteiger partial charge in [-0.3, -0.25) is 19.6 Å². The average molecular weight is 544 g/mol. The molecule has 2 atom stereocenters. The molecule has 7 rings (SSSR count). The number of rotatable bonds is 5. The number of carbonyl (C=O) groups excluding carboxylic acids is 1. The van der Waals surface area contributed by atoms with Gasteiger partial charge < -0.3 is 18.9 Å². The number of nitrogens with zero attached hydrogens (tertiary/aromatic N) is 5. The van der Waals surface area contributed by atoms with Gasteiger partial charge in [0.25, 0.3) is 0 Å². The molecule has 1 aromatic heterocycles. The van der Waals surface area contributed by atoms with E-state index in [-0.39, 0.29) is 30.9 Å². The molecule has 2 aromatic carbocycles. The zero-order chi connectivity index (χ0) is 27.4. The minimum atomic E-state index is -0.620. The smallest absolute Gasteiger partial charge is 0.320 e. The zero-order valence-corrected chi connectivity index (χ0v) is 21.6. The van der Waals surface area contributed by atoms with E-state index in [0.717, 1.165) is 41.7 Å². The van der Waals surface area contributed by atoms with Gasteiger partial charge in [-0.05, 0) is 73.2 Å². The third-order valence-corrected chi connectivity index (χ3v) is 7.65. The average Bonchev–Trinajstić information content (AvgIpc) is 3.76. The fourth-order valence-electron chi connectivity index (χ4n) is 5.77. The summed E-state index contributed by atoms with van der Waals surface area (Å²) in [6.45, 7) is 2.51. The van der Waals surface area contributed by atoms with Crippen molar-refractivity contribution >= 4 is 23.4 Å². The summed E-state index contributed by atoms with van der Waals surface area (Å²) >= 11 is 0. The molecular weight excluding hydrogens is 518 g/mol. The van der Waals surface area contributed by atoms with E-state index in [9.17, 15) is 14.9 Å². The van der Waals surface area contributed by atoms with Gasteiger partial charge in [0.2, 0.25) is 19.3 Å². The largest absolute Gasteiger partial charge is 0.454 e. The number of benzene rings is 2. The van der Waals surface area contributed by atoms with Crippen LogP contribution in [0.15, 0.2) is 53.3 Å². The van der Waals surface area contributed by atoms with E-state index >= 15 is 0 Å². The SMILES string of the molecule is CCn1cc([N+](=O)[O-])c(C(=O)N2N=C3/C(=C\c4ccc5c(c4)OCO5)CCC[C@@H]3[C@@H]2c2ccc3c(c2)OCO3)n1. The van der Waals surface area contributed by atoms with Crippen LogP contribution in [-0.4, -0.2) is 44.9 Å². The molecule has 4 heterocycles. The molecule has 1 saturated carbocycles. The lowest BCUT2D eigenvalue weighted by Gasteiger charge is -2.29. The van der Waals surface area contributed by atoms with Gasteiger partial charge in [0.05, 0.1) is 16.7 Å². The Morgan fingerprint density at radius 1 is 1.07 bits per heavy atom. The van der Waals surface area contributed by atoms with Gasteiger partial charge in [0.15, 0.2) is 23.0 Å². The molecule has 0 spiro atoms. The number of allylic oxidation sites excluding steroid dienone is 1. The molecule has 0 bridgehead atoms. The number of fused-ring (bicyclic) bond motifs is 3. The van der Waals surface area contributed by atoms with E-state index in [1.165, 1.54) is 15.9 Å². The van der Waals surface area contributed by atoms with Crippen LogP contribution in [0.25, 0.3) is 6.08 Å². The predicted octanol–water partition coefficient (Wildman–Crippen LogP) is 4.71. The van der Waals surface area contributed by atoms with Crippen LogP contribution in [0.3, 0.4) is 0 Å². The summed E-state index contributed by atoms with van der Waals surface area (Å²) < 4.78 is 23.5. The van der Waals surface area contributed by atoms with Crippen molar-refractivity contribution in [1.82, 2.24) is 14.8 Å². The van der Waals surface area contributed by atoms with Gasteiger partial charge in [-0.15, -0.1) is 0 Å². The number of aryl methyl sites for hydroxylation is 1. The Bertz CT molecular complexity index is 1610. The number of carbonyl (C=O) groups is 1. The van der Waals surface area contributed by atoms with E-state index in [0.29, 0.717) is 29.5 Å². The number of aromatic nitrogens is 2. The van der Waals surface area contributed by atoms with E-state index in [4.69, 9.17) is 24.0 Å². The molecule has 40 heavy (non-hydrogen) atoms. The molecule has 1 fully saturated rings. The van der Waals surface area contributed by atoms with Crippen molar-refractivity contribution in [3.05, 3.63) is 75.1 Å². The lowest BCUT2D eigenvalue weighted by molar-refractivity contribution is -0.385. The topological polar surface area (TPSA) is 131 Å². The van der Waals surface area contributed by atoms with Crippen LogP contribution in [0.5, 0.6) is 23.0 Å². The van der Waals surface area contributed by atoms with Gasteiger partial charge in [-0.2, -0.15) is 10.2 Å². The maximum atomic E-state index is 14.0. The van der Waals surface area contributed by atoms with E-state index in [1.54, 1.807) is 6.92 Å². The second-order valence-electron chi connectivity index (χ2n) is 9.95. The molecule has 3 aromatic rings. The molecular formula is C28H25N5O7. The zero-order valence-electron chi connectivity index (χ0n) is 21.6. The van der Waals surface area contributed by atoms with Crippen molar-refractivity contribution in [2.45, 2.75) is 38.8 Å². The van der Waals surface area contributed by atoms with Gasteiger partial charge in [0, 0.05) is 12.5 Å². The fourth-order valence-corrected chi connectivity index (χ4v) is 5.77. The molecule has 4 aliphatic rings. The van der Waals surface area contributed by atoms with Gasteiger partial charge in [0.1, 0.15) is 6.20 Å². The summed E-state index contributed by atoms with van der Waals surface area (Å²) in [5, 5.41) is 22.3. The summed E-state index contributed by atoms with van der Waals surface area (Å²) in [5.74, 6) is 1.87. The Balaban J connectivity index is 1.32. The molecule has 12 heteroatoms. The van der Waals surface area contributed by atoms with Crippen LogP contribution in [0, 0.1) is 16.0 Å². The molecule has 0 radical (unpaired) electrons. The highest BCUT2D eigenvalue weighted by Crippen LogP contribution is 2.47. The highest BCUT2D eigenvalue weighted by Gasteiger charge is 2.46. The van der Waals surface area contributed by atoms with Crippen molar-refractivity contribution in [2.75, 3.05) is 13.6 Å². The molecule has 0 N–H and O–H groups in total. The number of amides is 1. The van der Waals surface area contributed by atoms with Gasteiger partial charge in [-0.25, -0.2) is 5.01 Å². The molecule has 3 aliphatic heterocycles. The number of hydrogen-bond donors (Lipinski definition) is 0. The fraction of sp³-hybridized carbons (Fsp3) is 0.321. The van der Waals surface area contributed by atoms with Crippen LogP contribution in [0.4, 0.5) is 5.69 Å². The first-order valence-electron chi connectivity index (χ1n) is 13.1. The lowest BCUT2D eigenvalue weighted by atomic mass is 9.77. The van der Waals surface area contributed by atoms with Crippen LogP contribution in [-0.2, 0) is 6.54 Å². The van der Waals surface area contributed by atoms with E-state index in [1.807, 2.05) is 36.4 Å². The highest BCUT2D eigenvalue weighted by molar-refractivity contribution is 6.09. The third kappa shape index (κ3) is 3.94. The second kappa shape index (κ2) is 9.40. The molecule has 0 unspecified atom stereocenters. The van der Waals surface area contributed by atoms with Crippen LogP contribution < -0.4 is 18.9 Å². The Morgan fingerprint density at radius 3 is 2.55 bits per heavy atom. The van der Waals surface area contributed by atoms with Crippen molar-refractivity contribution in [1.29, 1.82) is 0 Å². The van der Waals surface area contributed by atoms with Crippen molar-refractivity contribution in [3.8, 4) is 23.0 Å². The van der Waals surface area contributed by atoms with Crippen molar-refractivity contribution in [2.24, 2.45) is 11.0 Å². The van der Waals surface area contributed by atoms with Gasteiger partial charge in [-0.1, -0.05) is 12.1 Å². The minimum Gasteiger partial charge on any atom is -0.454 e. The summed E-state index contributed by atoms with van der Waals surface area (Å²) in [5.41, 5.74) is 2.96. The second-order valence-corrected chi connectivity index (χ2v) is 9.95. The Morgan fingerprint density at radius 2 is 1.80 bits per heavy atom. The summed E-state index contributed by atoms with van der Waals surface area (Å²) in [7, 11) is 0. The summed E-state index contributed by atoms with van der Waals surface area (Å²) in [6, 6.07) is 10.8. The third-order valence-electron chi connectivity index (χ3n) is 7.65. The number of hydrazone groups is 1. The maximum Gasteiger partial charge on any atom is 0.320 e. The number of hydrogen-bond acceptors (Lipinski definition) is 9. The van der Waals surface area contributed by atoms with Crippen LogP contribution >= 0.6 is 0 Å². The summed E-state index contributed by atoms with van der Waals surface area (Å²) in [6.07, 6.45) is 5.82. The molecule has 12 nitrogen and oxygen atoms in total. The Kier molecular flexibility index (Phi) is 5.68. The monoisotopic (exact) mass is 543 g/mol. The maximum absolute atomic E-state index is 14.0. The van der Waals surface area contributed by atoms with Crippen molar-refractivity contribution in [3.63, 3.8) is 0 Å². The highest BCUT2D eigenvalue weighted by atomic mass is 16.7. The van der Waals surface area contributed by atoms with Gasteiger partial charge >= 0.3 is 11.6 Å². The number of nitro groups is 1. The quantitative estimate of drug-likeness (QED) is 0.334. The van der Waals surface area contributed by atoms with E-state index < -0.39 is 16.9 Å². The summed E-state index contributed by atoms with van der Waals surface area (Å²) in [4.78, 5) is 25.2. The molecule has 204 valence electrons. The first kappa shape index (κ1) is 24.2. The molecule has 0 saturated heterocycles.